The van der Waals surface area contributed by atoms with Crippen LogP contribution in [-0.2, 0) is 4.79 Å². The zero-order valence-electron chi connectivity index (χ0n) is 13.5. The number of carbonyl (C=O) groups is 2. The quantitative estimate of drug-likeness (QED) is 0.557. The van der Waals surface area contributed by atoms with Crippen LogP contribution in [-0.4, -0.2) is 30.5 Å². The third kappa shape index (κ3) is 4.64. The molecule has 24 heavy (non-hydrogen) atoms. The summed E-state index contributed by atoms with van der Waals surface area (Å²) in [7, 11) is 1.56. The third-order valence-corrected chi connectivity index (χ3v) is 3.06. The molecule has 0 aliphatic heterocycles. The molecule has 0 bridgehead atoms. The van der Waals surface area contributed by atoms with Crippen LogP contribution in [0.15, 0.2) is 42.6 Å². The van der Waals surface area contributed by atoms with E-state index in [0.717, 1.165) is 5.56 Å². The summed E-state index contributed by atoms with van der Waals surface area (Å²) in [5, 5.41) is 0. The lowest BCUT2D eigenvalue weighted by molar-refractivity contribution is -0.117. The second kappa shape index (κ2) is 8.42. The van der Waals surface area contributed by atoms with Gasteiger partial charge in [-0.3, -0.25) is 20.4 Å². The van der Waals surface area contributed by atoms with Gasteiger partial charge in [-0.05, 0) is 42.8 Å². The Balaban J connectivity index is 1.93. The monoisotopic (exact) mass is 329 g/mol. The molecule has 2 aromatic rings. The maximum Gasteiger partial charge on any atom is 0.286 e. The van der Waals surface area contributed by atoms with Gasteiger partial charge in [0.15, 0.2) is 11.5 Å². The first kappa shape index (κ1) is 17.1. The van der Waals surface area contributed by atoms with Crippen LogP contribution in [0.2, 0.25) is 0 Å². The smallest absolute Gasteiger partial charge is 0.286 e. The maximum atomic E-state index is 11.7. The highest BCUT2D eigenvalue weighted by Gasteiger charge is 2.06. The van der Waals surface area contributed by atoms with Crippen LogP contribution < -0.4 is 20.3 Å². The summed E-state index contributed by atoms with van der Waals surface area (Å²) < 4.78 is 10.7. The van der Waals surface area contributed by atoms with Gasteiger partial charge in [0.25, 0.3) is 11.8 Å². The molecule has 1 aromatic carbocycles. The molecular formula is C17H19N3O4. The molecule has 7 heteroatoms. The highest BCUT2D eigenvalue weighted by Crippen LogP contribution is 2.28. The number of hydrogen-bond acceptors (Lipinski definition) is 4. The number of rotatable bonds is 6. The molecular weight excluding hydrogens is 310 g/mol. The number of methoxy groups -OCH3 is 1. The lowest BCUT2D eigenvalue weighted by atomic mass is 10.2. The van der Waals surface area contributed by atoms with E-state index in [1.54, 1.807) is 49.7 Å². The van der Waals surface area contributed by atoms with E-state index in [-0.39, 0.29) is 0 Å². The lowest BCUT2D eigenvalue weighted by Crippen LogP contribution is -2.40. The molecule has 2 rings (SSSR count). The van der Waals surface area contributed by atoms with Crippen molar-refractivity contribution in [1.82, 2.24) is 15.8 Å². The van der Waals surface area contributed by atoms with Crippen molar-refractivity contribution in [3.05, 3.63) is 53.9 Å². The highest BCUT2D eigenvalue weighted by atomic mass is 16.5. The van der Waals surface area contributed by atoms with Crippen LogP contribution in [0.5, 0.6) is 11.5 Å². The maximum absolute atomic E-state index is 11.7. The molecule has 0 unspecified atom stereocenters. The van der Waals surface area contributed by atoms with E-state index < -0.39 is 11.8 Å². The van der Waals surface area contributed by atoms with Crippen molar-refractivity contribution in [1.29, 1.82) is 0 Å². The topological polar surface area (TPSA) is 92.5 Å². The van der Waals surface area contributed by atoms with Gasteiger partial charge in [-0.15, -0.1) is 0 Å². The van der Waals surface area contributed by atoms with E-state index >= 15 is 0 Å². The zero-order chi connectivity index (χ0) is 17.4. The minimum Gasteiger partial charge on any atom is -0.493 e. The first-order chi connectivity index (χ1) is 11.6. The fourth-order valence-electron chi connectivity index (χ4n) is 1.94. The molecule has 126 valence electrons. The van der Waals surface area contributed by atoms with Crippen LogP contribution in [0.4, 0.5) is 0 Å². The van der Waals surface area contributed by atoms with Gasteiger partial charge in [-0.1, -0.05) is 6.07 Å². The molecule has 0 saturated carbocycles. The molecule has 3 N–H and O–H groups in total. The van der Waals surface area contributed by atoms with Gasteiger partial charge in [-0.25, -0.2) is 0 Å². The van der Waals surface area contributed by atoms with Crippen molar-refractivity contribution >= 4 is 17.9 Å². The summed E-state index contributed by atoms with van der Waals surface area (Å²) in [6.45, 7) is 2.39. The van der Waals surface area contributed by atoms with Gasteiger partial charge in [0.05, 0.1) is 13.7 Å². The molecule has 1 aromatic heterocycles. The second-order valence-corrected chi connectivity index (χ2v) is 4.70. The van der Waals surface area contributed by atoms with Crippen molar-refractivity contribution < 1.29 is 19.1 Å². The average molecular weight is 329 g/mol. The highest BCUT2D eigenvalue weighted by molar-refractivity contribution is 5.96. The van der Waals surface area contributed by atoms with Crippen molar-refractivity contribution in [2.24, 2.45) is 0 Å². The van der Waals surface area contributed by atoms with Crippen LogP contribution in [0, 0.1) is 0 Å². The van der Waals surface area contributed by atoms with E-state index in [1.165, 1.54) is 6.08 Å². The largest absolute Gasteiger partial charge is 0.493 e. The number of aromatic nitrogens is 1. The molecule has 0 spiro atoms. The number of hydrazine groups is 1. The normalized spacial score (nSPS) is 10.4. The fraction of sp³-hybridized carbons (Fsp3) is 0.176. The first-order valence-electron chi connectivity index (χ1n) is 7.36. The Hall–Kier alpha value is -3.22. The van der Waals surface area contributed by atoms with Crippen molar-refractivity contribution in [2.75, 3.05) is 13.7 Å². The van der Waals surface area contributed by atoms with Crippen LogP contribution in [0.3, 0.4) is 0 Å². The number of hydrogen-bond donors (Lipinski definition) is 3. The Kier molecular flexibility index (Phi) is 6.01. The Morgan fingerprint density at radius 1 is 1.21 bits per heavy atom. The number of nitrogens with one attached hydrogen (secondary N) is 3. The summed E-state index contributed by atoms with van der Waals surface area (Å²) in [4.78, 5) is 26.1. The summed E-state index contributed by atoms with van der Waals surface area (Å²) in [5.41, 5.74) is 5.73. The first-order valence-corrected chi connectivity index (χ1v) is 7.36. The van der Waals surface area contributed by atoms with Crippen molar-refractivity contribution in [3.63, 3.8) is 0 Å². The summed E-state index contributed by atoms with van der Waals surface area (Å²) >= 11 is 0. The Morgan fingerprint density at radius 3 is 2.71 bits per heavy atom. The van der Waals surface area contributed by atoms with Gasteiger partial charge >= 0.3 is 0 Å². The molecule has 0 aliphatic carbocycles. The Morgan fingerprint density at radius 2 is 2.04 bits per heavy atom. The predicted molar refractivity (Wildman–Crippen MR) is 89.6 cm³/mol. The van der Waals surface area contributed by atoms with E-state index in [9.17, 15) is 9.59 Å². The molecule has 0 saturated heterocycles. The zero-order valence-corrected chi connectivity index (χ0v) is 13.5. The van der Waals surface area contributed by atoms with E-state index in [4.69, 9.17) is 9.47 Å². The Bertz CT molecular complexity index is 723. The lowest BCUT2D eigenvalue weighted by Gasteiger charge is -2.09. The summed E-state index contributed by atoms with van der Waals surface area (Å²) in [6.07, 6.45) is 4.54. The molecule has 0 aliphatic rings. The number of ether oxygens (including phenoxy) is 2. The molecule has 0 radical (unpaired) electrons. The van der Waals surface area contributed by atoms with Crippen LogP contribution in [0.25, 0.3) is 6.08 Å². The SMILES string of the molecule is CCOc1cc(/C=C/C(=O)NNC(=O)c2ccc[nH]2)ccc1OC. The van der Waals surface area contributed by atoms with Gasteiger partial charge in [-0.2, -0.15) is 0 Å². The standard InChI is InChI=1S/C17H19N3O4/c1-3-24-15-11-12(6-8-14(15)23-2)7-9-16(21)19-20-17(22)13-5-4-10-18-13/h4-11,18H,3H2,1-2H3,(H,19,21)(H,20,22)/b9-7+. The minimum atomic E-state index is -0.455. The number of benzene rings is 1. The second-order valence-electron chi connectivity index (χ2n) is 4.70. The number of H-pyrrole nitrogens is 1. The number of carbonyl (C=O) groups excluding carboxylic acids is 2. The van der Waals surface area contributed by atoms with Crippen LogP contribution in [0.1, 0.15) is 23.0 Å². The summed E-state index contributed by atoms with van der Waals surface area (Å²) in [6, 6.07) is 8.61. The molecule has 2 amide bonds. The average Bonchev–Trinajstić information content (AvgIpc) is 3.13. The van der Waals surface area contributed by atoms with Gasteiger partial charge in [0.2, 0.25) is 0 Å². The van der Waals surface area contributed by atoms with Crippen molar-refractivity contribution in [3.8, 4) is 11.5 Å². The molecule has 0 atom stereocenters. The van der Waals surface area contributed by atoms with Gasteiger partial charge < -0.3 is 14.5 Å². The van der Waals surface area contributed by atoms with E-state index in [0.29, 0.717) is 23.8 Å². The molecule has 7 nitrogen and oxygen atoms in total. The van der Waals surface area contributed by atoms with Gasteiger partial charge in [0.1, 0.15) is 5.69 Å². The van der Waals surface area contributed by atoms with Crippen LogP contribution >= 0.6 is 0 Å². The molecule has 0 fully saturated rings. The summed E-state index contributed by atoms with van der Waals surface area (Å²) in [5.74, 6) is 0.341. The third-order valence-electron chi connectivity index (χ3n) is 3.06. The Labute approximate surface area is 139 Å². The minimum absolute atomic E-state index is 0.357. The van der Waals surface area contributed by atoms with E-state index in [2.05, 4.69) is 15.8 Å². The fourth-order valence-corrected chi connectivity index (χ4v) is 1.94. The van der Waals surface area contributed by atoms with Crippen molar-refractivity contribution in [2.45, 2.75) is 6.92 Å². The van der Waals surface area contributed by atoms with Gasteiger partial charge in [0, 0.05) is 12.3 Å². The predicted octanol–water partition coefficient (Wildman–Crippen LogP) is 1.90. The number of amides is 2. The molecule has 1 heterocycles. The van der Waals surface area contributed by atoms with E-state index in [1.807, 2.05) is 6.92 Å². The number of aromatic amines is 1.